The van der Waals surface area contributed by atoms with Crippen LogP contribution >= 0.6 is 0 Å². The number of imide groups is 1. The fraction of sp³-hybridized carbons (Fsp3) is 0.438. The summed E-state index contributed by atoms with van der Waals surface area (Å²) in [5.41, 5.74) is 6.72. The standard InChI is InChI=1S/C16H22N4O3/c1-12(21)13-2-4-14(5-3-13)20-10-8-19(9-11-20)7-6-15(22)18-16(17)23/h2-5H,6-11H2,1H3,(H3,17,18,22,23). The third-order valence-corrected chi connectivity index (χ3v) is 3.93. The van der Waals surface area contributed by atoms with E-state index in [-0.39, 0.29) is 18.1 Å². The van der Waals surface area contributed by atoms with Gasteiger partial charge in [-0.1, -0.05) is 0 Å². The molecule has 7 nitrogen and oxygen atoms in total. The lowest BCUT2D eigenvalue weighted by molar-refractivity contribution is -0.120. The smallest absolute Gasteiger partial charge is 0.318 e. The van der Waals surface area contributed by atoms with Crippen LogP contribution in [-0.4, -0.2) is 55.3 Å². The van der Waals surface area contributed by atoms with Crippen LogP contribution in [0.5, 0.6) is 0 Å². The van der Waals surface area contributed by atoms with Gasteiger partial charge in [-0.25, -0.2) is 4.79 Å². The van der Waals surface area contributed by atoms with E-state index in [1.54, 1.807) is 6.92 Å². The number of ketones is 1. The first-order chi connectivity index (χ1) is 11.0. The van der Waals surface area contributed by atoms with Gasteiger partial charge in [0, 0.05) is 50.4 Å². The second-order valence-corrected chi connectivity index (χ2v) is 5.59. The summed E-state index contributed by atoms with van der Waals surface area (Å²) in [6.45, 7) is 5.57. The highest BCUT2D eigenvalue weighted by atomic mass is 16.2. The Labute approximate surface area is 135 Å². The van der Waals surface area contributed by atoms with Crippen molar-refractivity contribution in [1.82, 2.24) is 10.2 Å². The molecule has 3 amide bonds. The number of nitrogens with two attached hydrogens (primary N) is 1. The summed E-state index contributed by atoms with van der Waals surface area (Å²) < 4.78 is 0. The molecule has 0 saturated carbocycles. The average Bonchev–Trinajstić information content (AvgIpc) is 2.53. The van der Waals surface area contributed by atoms with Crippen molar-refractivity contribution in [3.05, 3.63) is 29.8 Å². The van der Waals surface area contributed by atoms with E-state index in [4.69, 9.17) is 5.73 Å². The van der Waals surface area contributed by atoms with Crippen LogP contribution in [0, 0.1) is 0 Å². The fourth-order valence-electron chi connectivity index (χ4n) is 2.60. The Balaban J connectivity index is 1.78. The van der Waals surface area contributed by atoms with Crippen LogP contribution < -0.4 is 16.0 Å². The van der Waals surface area contributed by atoms with Gasteiger partial charge in [-0.05, 0) is 31.2 Å². The first-order valence-electron chi connectivity index (χ1n) is 7.63. The van der Waals surface area contributed by atoms with Crippen molar-refractivity contribution in [3.63, 3.8) is 0 Å². The van der Waals surface area contributed by atoms with Gasteiger partial charge in [0.1, 0.15) is 0 Å². The van der Waals surface area contributed by atoms with Gasteiger partial charge in [0.05, 0.1) is 0 Å². The van der Waals surface area contributed by atoms with Crippen LogP contribution in [0.25, 0.3) is 0 Å². The number of carbonyl (C=O) groups is 3. The molecule has 0 radical (unpaired) electrons. The number of urea groups is 1. The summed E-state index contributed by atoms with van der Waals surface area (Å²) in [6, 6.07) is 6.81. The van der Waals surface area contributed by atoms with E-state index in [2.05, 4.69) is 15.1 Å². The second kappa shape index (κ2) is 7.73. The molecule has 1 aromatic carbocycles. The molecule has 124 valence electrons. The Kier molecular flexibility index (Phi) is 5.70. The maximum atomic E-state index is 11.4. The SMILES string of the molecule is CC(=O)c1ccc(N2CCN(CCC(=O)NC(N)=O)CC2)cc1. The van der Waals surface area contributed by atoms with Crippen LogP contribution in [0.3, 0.4) is 0 Å². The summed E-state index contributed by atoms with van der Waals surface area (Å²) in [7, 11) is 0. The maximum Gasteiger partial charge on any atom is 0.318 e. The Bertz CT molecular complexity index is 577. The van der Waals surface area contributed by atoms with E-state index in [0.29, 0.717) is 12.1 Å². The number of nitrogens with zero attached hydrogens (tertiary/aromatic N) is 2. The highest BCUT2D eigenvalue weighted by molar-refractivity contribution is 5.94. The monoisotopic (exact) mass is 318 g/mol. The Morgan fingerprint density at radius 2 is 1.70 bits per heavy atom. The molecule has 1 fully saturated rings. The molecule has 1 aromatic rings. The molecule has 7 heteroatoms. The zero-order valence-corrected chi connectivity index (χ0v) is 13.2. The number of anilines is 1. The lowest BCUT2D eigenvalue weighted by Gasteiger charge is -2.36. The Morgan fingerprint density at radius 1 is 1.09 bits per heavy atom. The molecule has 3 N–H and O–H groups in total. The molecule has 1 aliphatic rings. The molecule has 0 aliphatic carbocycles. The zero-order valence-electron chi connectivity index (χ0n) is 13.2. The number of amides is 3. The fourth-order valence-corrected chi connectivity index (χ4v) is 2.60. The highest BCUT2D eigenvalue weighted by Crippen LogP contribution is 2.17. The third kappa shape index (κ3) is 5.07. The van der Waals surface area contributed by atoms with Crippen LogP contribution in [0.15, 0.2) is 24.3 Å². The Morgan fingerprint density at radius 3 is 2.22 bits per heavy atom. The minimum atomic E-state index is -0.811. The highest BCUT2D eigenvalue weighted by Gasteiger charge is 2.18. The molecule has 2 rings (SSSR count). The summed E-state index contributed by atoms with van der Waals surface area (Å²) in [5.74, 6) is -0.282. The van der Waals surface area contributed by atoms with Gasteiger partial charge in [0.15, 0.2) is 5.78 Å². The summed E-state index contributed by atoms with van der Waals surface area (Å²) >= 11 is 0. The van der Waals surface area contributed by atoms with Crippen LogP contribution in [-0.2, 0) is 4.79 Å². The summed E-state index contributed by atoms with van der Waals surface area (Å²) in [6.07, 6.45) is 0.260. The zero-order chi connectivity index (χ0) is 16.8. The third-order valence-electron chi connectivity index (χ3n) is 3.93. The molecular formula is C16H22N4O3. The van der Waals surface area contributed by atoms with Crippen LogP contribution in [0.1, 0.15) is 23.7 Å². The molecule has 0 unspecified atom stereocenters. The molecule has 1 aliphatic heterocycles. The van der Waals surface area contributed by atoms with Crippen molar-refractivity contribution in [2.45, 2.75) is 13.3 Å². The minimum Gasteiger partial charge on any atom is -0.369 e. The van der Waals surface area contributed by atoms with Gasteiger partial charge < -0.3 is 10.6 Å². The first kappa shape index (κ1) is 17.0. The molecule has 0 atom stereocenters. The van der Waals surface area contributed by atoms with E-state index in [0.717, 1.165) is 31.9 Å². The van der Waals surface area contributed by atoms with E-state index in [1.165, 1.54) is 0 Å². The second-order valence-electron chi connectivity index (χ2n) is 5.59. The van der Waals surface area contributed by atoms with Gasteiger partial charge in [-0.3, -0.25) is 19.8 Å². The summed E-state index contributed by atoms with van der Waals surface area (Å²) in [5, 5.41) is 2.07. The van der Waals surface area contributed by atoms with Gasteiger partial charge in [-0.2, -0.15) is 0 Å². The summed E-state index contributed by atoms with van der Waals surface area (Å²) in [4.78, 5) is 37.7. The number of carbonyl (C=O) groups excluding carboxylic acids is 3. The molecular weight excluding hydrogens is 296 g/mol. The molecule has 1 saturated heterocycles. The lowest BCUT2D eigenvalue weighted by Crippen LogP contribution is -2.47. The van der Waals surface area contributed by atoms with Crippen molar-refractivity contribution in [3.8, 4) is 0 Å². The van der Waals surface area contributed by atoms with Crippen molar-refractivity contribution in [2.24, 2.45) is 5.73 Å². The largest absolute Gasteiger partial charge is 0.369 e. The normalized spacial score (nSPS) is 15.3. The quantitative estimate of drug-likeness (QED) is 0.775. The molecule has 0 bridgehead atoms. The molecule has 1 heterocycles. The van der Waals surface area contributed by atoms with Crippen molar-refractivity contribution in [1.29, 1.82) is 0 Å². The number of hydrogen-bond acceptors (Lipinski definition) is 5. The number of nitrogens with one attached hydrogen (secondary N) is 1. The Hall–Kier alpha value is -2.41. The van der Waals surface area contributed by atoms with E-state index in [9.17, 15) is 14.4 Å². The number of primary amides is 1. The molecule has 0 spiro atoms. The number of Topliss-reactive ketones (excluding diaryl/α,β-unsaturated/α-hetero) is 1. The number of benzene rings is 1. The first-order valence-corrected chi connectivity index (χ1v) is 7.63. The lowest BCUT2D eigenvalue weighted by atomic mass is 10.1. The van der Waals surface area contributed by atoms with E-state index < -0.39 is 6.03 Å². The van der Waals surface area contributed by atoms with E-state index in [1.807, 2.05) is 24.3 Å². The maximum absolute atomic E-state index is 11.4. The average molecular weight is 318 g/mol. The van der Waals surface area contributed by atoms with Crippen molar-refractivity contribution in [2.75, 3.05) is 37.6 Å². The van der Waals surface area contributed by atoms with Crippen molar-refractivity contribution < 1.29 is 14.4 Å². The van der Waals surface area contributed by atoms with E-state index >= 15 is 0 Å². The molecule has 23 heavy (non-hydrogen) atoms. The van der Waals surface area contributed by atoms with Crippen molar-refractivity contribution >= 4 is 23.4 Å². The van der Waals surface area contributed by atoms with Gasteiger partial charge in [-0.15, -0.1) is 0 Å². The van der Waals surface area contributed by atoms with Crippen LogP contribution in [0.2, 0.25) is 0 Å². The number of hydrogen-bond donors (Lipinski definition) is 2. The van der Waals surface area contributed by atoms with Gasteiger partial charge in [0.2, 0.25) is 5.91 Å². The predicted octanol–water partition coefficient (Wildman–Crippen LogP) is 0.596. The number of piperazine rings is 1. The topological polar surface area (TPSA) is 95.7 Å². The van der Waals surface area contributed by atoms with Gasteiger partial charge in [0.25, 0.3) is 0 Å². The number of rotatable bonds is 5. The molecule has 0 aromatic heterocycles. The van der Waals surface area contributed by atoms with Crippen LogP contribution in [0.4, 0.5) is 10.5 Å². The minimum absolute atomic E-state index is 0.0654. The van der Waals surface area contributed by atoms with Gasteiger partial charge >= 0.3 is 6.03 Å². The predicted molar refractivity (Wildman–Crippen MR) is 87.4 cm³/mol.